The third-order valence-corrected chi connectivity index (χ3v) is 5.08. The van der Waals surface area contributed by atoms with Gasteiger partial charge in [0.1, 0.15) is 30.5 Å². The van der Waals surface area contributed by atoms with Gasteiger partial charge in [-0.2, -0.15) is 0 Å². The highest BCUT2D eigenvalue weighted by Crippen LogP contribution is 2.22. The van der Waals surface area contributed by atoms with Gasteiger partial charge in [-0.15, -0.1) is 6.42 Å². The summed E-state index contributed by atoms with van der Waals surface area (Å²) < 4.78 is 10.6. The van der Waals surface area contributed by atoms with E-state index in [2.05, 4.69) is 130 Å². The first-order chi connectivity index (χ1) is 21.7. The van der Waals surface area contributed by atoms with Gasteiger partial charge in [0.25, 0.3) is 0 Å². The monoisotopic (exact) mass is 603 g/mol. The van der Waals surface area contributed by atoms with E-state index in [1.54, 1.807) is 0 Å². The van der Waals surface area contributed by atoms with Crippen molar-refractivity contribution in [2.24, 2.45) is 0 Å². The summed E-state index contributed by atoms with van der Waals surface area (Å²) in [5.41, 5.74) is 0. The molecule has 0 aromatic rings. The van der Waals surface area contributed by atoms with Gasteiger partial charge in [0.2, 0.25) is 5.91 Å². The molecule has 1 amide bonds. The van der Waals surface area contributed by atoms with Crippen molar-refractivity contribution in [2.75, 3.05) is 13.2 Å². The summed E-state index contributed by atoms with van der Waals surface area (Å²) in [6.07, 6.45) is -5.94. The molecule has 8 atom stereocenters. The minimum absolute atomic E-state index is 0.233. The molecule has 1 fully saturated rings. The Kier molecular flexibility index (Phi) is 19.0. The van der Waals surface area contributed by atoms with E-state index in [4.69, 9.17) is 15.9 Å². The Morgan fingerprint density at radius 2 is 1.20 bits per heavy atom. The highest BCUT2D eigenvalue weighted by molar-refractivity contribution is 5.73. The van der Waals surface area contributed by atoms with Crippen molar-refractivity contribution in [1.29, 1.82) is 0 Å². The Morgan fingerprint density at radius 1 is 0.756 bits per heavy atom. The lowest BCUT2D eigenvalue weighted by Gasteiger charge is -2.40. The van der Waals surface area contributed by atoms with Crippen LogP contribution in [0.5, 0.6) is 0 Å². The largest absolute Gasteiger partial charge is 0.394 e. The number of nitrogens with one attached hydrogen (secondary N) is 1. The zero-order chi connectivity index (χ0) is 33.3. The molecule has 1 aliphatic heterocycles. The summed E-state index contributed by atoms with van der Waals surface area (Å²) in [6.45, 7) is 0.0489. The molecule has 1 saturated heterocycles. The lowest BCUT2D eigenvalue weighted by Crippen LogP contribution is -2.60. The fourth-order valence-corrected chi connectivity index (χ4v) is 3.05. The molecule has 0 spiro atoms. The molecule has 0 saturated carbocycles. The van der Waals surface area contributed by atoms with E-state index in [-0.39, 0.29) is 6.42 Å². The van der Waals surface area contributed by atoms with Crippen LogP contribution in [0.4, 0.5) is 0 Å². The molecular formula is C35H25NO9. The van der Waals surface area contributed by atoms with Crippen molar-refractivity contribution in [1.82, 2.24) is 5.32 Å². The van der Waals surface area contributed by atoms with Gasteiger partial charge in [0.05, 0.1) is 25.4 Å². The van der Waals surface area contributed by atoms with E-state index < -0.39 is 68.1 Å². The predicted molar refractivity (Wildman–Crippen MR) is 161 cm³/mol. The first-order valence-electron chi connectivity index (χ1n) is 12.7. The van der Waals surface area contributed by atoms with Crippen LogP contribution >= 0.6 is 0 Å². The van der Waals surface area contributed by atoms with Crippen LogP contribution in [0.1, 0.15) is 13.3 Å². The fourth-order valence-electron chi connectivity index (χ4n) is 3.05. The number of amides is 1. The van der Waals surface area contributed by atoms with Crippen LogP contribution in [0.15, 0.2) is 0 Å². The molecule has 45 heavy (non-hydrogen) atoms. The number of hydrogen-bond acceptors (Lipinski definition) is 9. The highest BCUT2D eigenvalue weighted by atomic mass is 16.7. The SMILES string of the molecule is C#CC#CC#CC#CC#CC#CC#CC#CC#CC#CC#CC[C@@H](O)[C@@H](O)[C@H](CO[C@H]1O[C@H](CO)[C@H](O)[C@H](O)[C@H]1O)NC(C)=O. The number of carbonyl (C=O) groups excluding carboxylic acids is 1. The number of rotatable bonds is 8. The number of terminal acetylenes is 1. The zero-order valence-corrected chi connectivity index (χ0v) is 23.7. The van der Waals surface area contributed by atoms with Gasteiger partial charge in [-0.25, -0.2) is 0 Å². The van der Waals surface area contributed by atoms with Crippen molar-refractivity contribution in [3.8, 4) is 131 Å². The number of ether oxygens (including phenoxy) is 2. The van der Waals surface area contributed by atoms with E-state index in [1.165, 1.54) is 6.92 Å². The van der Waals surface area contributed by atoms with E-state index >= 15 is 0 Å². The normalized spacial score (nSPS) is 20.2. The Hall–Kier alpha value is -5.69. The number of aliphatic hydroxyl groups is 6. The van der Waals surface area contributed by atoms with Crippen LogP contribution in [0, 0.1) is 131 Å². The van der Waals surface area contributed by atoms with Crippen LogP contribution in [0.2, 0.25) is 0 Å². The number of hydrogen-bond donors (Lipinski definition) is 7. The molecule has 0 unspecified atom stereocenters. The van der Waals surface area contributed by atoms with Crippen LogP contribution < -0.4 is 5.32 Å². The summed E-state index contributed by atoms with van der Waals surface area (Å²) in [5, 5.41) is 62.3. The number of carbonyl (C=O) groups is 1. The maximum atomic E-state index is 11.6. The van der Waals surface area contributed by atoms with Crippen molar-refractivity contribution in [2.45, 2.75) is 62.3 Å². The maximum absolute atomic E-state index is 11.6. The van der Waals surface area contributed by atoms with E-state index in [9.17, 15) is 35.4 Å². The Labute approximate surface area is 262 Å². The maximum Gasteiger partial charge on any atom is 0.217 e. The second-order valence-corrected chi connectivity index (χ2v) is 8.30. The fraction of sp³-hybridized carbons (Fsp3) is 0.343. The van der Waals surface area contributed by atoms with Crippen LogP contribution in [0.3, 0.4) is 0 Å². The molecule has 1 heterocycles. The summed E-state index contributed by atoms with van der Waals surface area (Å²) in [5.74, 6) is 50.4. The summed E-state index contributed by atoms with van der Waals surface area (Å²) >= 11 is 0. The van der Waals surface area contributed by atoms with Gasteiger partial charge < -0.3 is 45.4 Å². The van der Waals surface area contributed by atoms with E-state index in [1.807, 2.05) is 0 Å². The average molecular weight is 604 g/mol. The second-order valence-electron chi connectivity index (χ2n) is 8.30. The minimum atomic E-state index is -1.68. The molecule has 1 aliphatic rings. The minimum Gasteiger partial charge on any atom is -0.394 e. The van der Waals surface area contributed by atoms with Crippen molar-refractivity contribution in [3.63, 3.8) is 0 Å². The molecule has 0 aromatic heterocycles. The first kappa shape index (κ1) is 37.3. The van der Waals surface area contributed by atoms with Gasteiger partial charge in [0.15, 0.2) is 6.29 Å². The van der Waals surface area contributed by atoms with Crippen molar-refractivity contribution in [3.05, 3.63) is 0 Å². The zero-order valence-electron chi connectivity index (χ0n) is 23.7. The summed E-state index contributed by atoms with van der Waals surface area (Å²) in [6, 6.07) is -1.17. The molecule has 10 nitrogen and oxygen atoms in total. The van der Waals surface area contributed by atoms with Gasteiger partial charge in [-0.05, 0) is 94.7 Å². The van der Waals surface area contributed by atoms with Gasteiger partial charge >= 0.3 is 0 Å². The molecule has 224 valence electrons. The van der Waals surface area contributed by atoms with E-state index in [0.717, 1.165) is 0 Å². The third-order valence-electron chi connectivity index (χ3n) is 5.08. The van der Waals surface area contributed by atoms with Crippen molar-refractivity contribution >= 4 is 5.91 Å². The standard InChI is InChI=1S/C35H25NO9/c1-3-4-5-6-7-8-9-10-11-12-13-14-15-16-17-18-19-20-21-22-23-24-29(39)31(40)28(36-27(2)38)26-44-35-34(43)33(42)32(41)30(25-37)45-35/h1,28-35,37,39-43H,24-26H2,2H3,(H,36,38)/t28-,29+,30+,31-,32-,33-,34+,35-/m0/s1. The van der Waals surface area contributed by atoms with Crippen LogP contribution in [0.25, 0.3) is 0 Å². The Bertz CT molecular complexity index is 1740. The number of aliphatic hydroxyl groups excluding tert-OH is 6. The molecule has 1 rings (SSSR count). The van der Waals surface area contributed by atoms with Gasteiger partial charge in [-0.1, -0.05) is 5.92 Å². The van der Waals surface area contributed by atoms with E-state index in [0.29, 0.717) is 0 Å². The smallest absolute Gasteiger partial charge is 0.217 e. The first-order valence-corrected chi connectivity index (χ1v) is 12.7. The van der Waals surface area contributed by atoms with Crippen molar-refractivity contribution < 1.29 is 44.9 Å². The highest BCUT2D eigenvalue weighted by Gasteiger charge is 2.44. The summed E-state index contributed by atoms with van der Waals surface area (Å²) in [7, 11) is 0. The Morgan fingerprint density at radius 3 is 1.62 bits per heavy atom. The quantitative estimate of drug-likeness (QED) is 0.137. The molecular weight excluding hydrogens is 578 g/mol. The second kappa shape index (κ2) is 22.9. The Balaban J connectivity index is 2.60. The lowest BCUT2D eigenvalue weighted by atomic mass is 9.99. The average Bonchev–Trinajstić information content (AvgIpc) is 3.02. The van der Waals surface area contributed by atoms with Gasteiger partial charge in [0, 0.05) is 37.0 Å². The predicted octanol–water partition coefficient (Wildman–Crippen LogP) is -3.91. The molecule has 0 bridgehead atoms. The molecule has 0 aliphatic carbocycles. The van der Waals surface area contributed by atoms with Crippen LogP contribution in [-0.4, -0.2) is 98.7 Å². The molecule has 0 radical (unpaired) electrons. The topological polar surface area (TPSA) is 169 Å². The van der Waals surface area contributed by atoms with Crippen LogP contribution in [-0.2, 0) is 14.3 Å². The molecule has 0 aromatic carbocycles. The lowest BCUT2D eigenvalue weighted by molar-refractivity contribution is -0.303. The molecule has 10 heteroatoms. The van der Waals surface area contributed by atoms with Gasteiger partial charge in [-0.3, -0.25) is 4.79 Å². The molecule has 7 N–H and O–H groups in total. The summed E-state index contributed by atoms with van der Waals surface area (Å²) in [4.78, 5) is 11.6. The third kappa shape index (κ3) is 15.9.